The van der Waals surface area contributed by atoms with Crippen molar-refractivity contribution in [2.75, 3.05) is 13.4 Å². The standard InChI is InChI=1S/C11H13N3O3S/c1-17-11(13-14-18(2,15)16)10(8-12)9-6-4-3-5-7-9/h3-7,10,14H,1-2H3. The Kier molecular flexibility index (Phi) is 4.68. The van der Waals surface area contributed by atoms with E-state index in [0.717, 1.165) is 6.26 Å². The number of hydrogen-bond donors (Lipinski definition) is 1. The highest BCUT2D eigenvalue weighted by Gasteiger charge is 2.19. The number of hydrazone groups is 1. The number of benzene rings is 1. The molecule has 6 nitrogen and oxygen atoms in total. The number of nitrogens with one attached hydrogen (secondary N) is 1. The number of nitriles is 1. The molecule has 1 N–H and O–H groups in total. The highest BCUT2D eigenvalue weighted by atomic mass is 32.2. The van der Waals surface area contributed by atoms with Crippen LogP contribution < -0.4 is 4.83 Å². The quantitative estimate of drug-likeness (QED) is 0.496. The second-order valence-electron chi connectivity index (χ2n) is 3.49. The van der Waals surface area contributed by atoms with Crippen LogP contribution in [0.1, 0.15) is 11.5 Å². The van der Waals surface area contributed by atoms with Crippen LogP contribution in [0.3, 0.4) is 0 Å². The van der Waals surface area contributed by atoms with Gasteiger partial charge in [0.25, 0.3) is 0 Å². The molecule has 0 aliphatic rings. The van der Waals surface area contributed by atoms with Gasteiger partial charge in [0.05, 0.1) is 19.4 Å². The number of ether oxygens (including phenoxy) is 1. The van der Waals surface area contributed by atoms with Crippen LogP contribution in [0.25, 0.3) is 0 Å². The lowest BCUT2D eigenvalue weighted by Crippen LogP contribution is -2.22. The average molecular weight is 267 g/mol. The zero-order chi connectivity index (χ0) is 13.6. The van der Waals surface area contributed by atoms with Crippen LogP contribution in [0.5, 0.6) is 0 Å². The van der Waals surface area contributed by atoms with Crippen LogP contribution in [-0.4, -0.2) is 27.7 Å². The number of rotatable bonds is 4. The third kappa shape index (κ3) is 4.07. The van der Waals surface area contributed by atoms with E-state index in [9.17, 15) is 8.42 Å². The van der Waals surface area contributed by atoms with Crippen molar-refractivity contribution in [2.24, 2.45) is 5.10 Å². The molecule has 1 aromatic carbocycles. The first kappa shape index (κ1) is 14.0. The van der Waals surface area contributed by atoms with Crippen LogP contribution in [0.4, 0.5) is 0 Å². The van der Waals surface area contributed by atoms with Gasteiger partial charge in [-0.3, -0.25) is 0 Å². The van der Waals surface area contributed by atoms with Crippen LogP contribution in [0, 0.1) is 11.3 Å². The summed E-state index contributed by atoms with van der Waals surface area (Å²) in [5.74, 6) is -0.764. The van der Waals surface area contributed by atoms with Crippen molar-refractivity contribution in [3.05, 3.63) is 35.9 Å². The molecule has 0 amide bonds. The van der Waals surface area contributed by atoms with Crippen molar-refractivity contribution >= 4 is 15.9 Å². The first-order chi connectivity index (χ1) is 8.48. The highest BCUT2D eigenvalue weighted by Crippen LogP contribution is 2.16. The fraction of sp³-hybridized carbons (Fsp3) is 0.273. The summed E-state index contributed by atoms with van der Waals surface area (Å²) in [6.45, 7) is 0. The minimum Gasteiger partial charge on any atom is -0.482 e. The van der Waals surface area contributed by atoms with E-state index in [1.807, 2.05) is 17.0 Å². The van der Waals surface area contributed by atoms with Crippen LogP contribution >= 0.6 is 0 Å². The second kappa shape index (κ2) is 6.02. The van der Waals surface area contributed by atoms with E-state index in [1.165, 1.54) is 7.11 Å². The molecule has 0 saturated carbocycles. The summed E-state index contributed by atoms with van der Waals surface area (Å²) in [4.78, 5) is 1.94. The fourth-order valence-electron chi connectivity index (χ4n) is 1.27. The number of sulfonamides is 1. The smallest absolute Gasteiger partial charge is 0.244 e. The van der Waals surface area contributed by atoms with Gasteiger partial charge in [-0.15, -0.1) is 5.10 Å². The van der Waals surface area contributed by atoms with Gasteiger partial charge in [-0.2, -0.15) is 5.26 Å². The SMILES string of the molecule is COC(=NNS(C)(=O)=O)C(C#N)c1ccccc1. The Labute approximate surface area is 106 Å². The fourth-order valence-corrected chi connectivity index (χ4v) is 1.53. The first-order valence-corrected chi connectivity index (χ1v) is 6.90. The topological polar surface area (TPSA) is 91.5 Å². The van der Waals surface area contributed by atoms with E-state index >= 15 is 0 Å². The van der Waals surface area contributed by atoms with Gasteiger partial charge in [0, 0.05) is 0 Å². The Hall–Kier alpha value is -2.07. The Balaban J connectivity index is 3.03. The molecular formula is C11H13N3O3S. The van der Waals surface area contributed by atoms with E-state index in [1.54, 1.807) is 24.3 Å². The summed E-state index contributed by atoms with van der Waals surface area (Å²) in [5.41, 5.74) is 0.677. The summed E-state index contributed by atoms with van der Waals surface area (Å²) in [5, 5.41) is 12.7. The van der Waals surface area contributed by atoms with E-state index < -0.39 is 15.9 Å². The van der Waals surface area contributed by atoms with Crippen molar-refractivity contribution in [3.63, 3.8) is 0 Å². The van der Waals surface area contributed by atoms with Gasteiger partial charge >= 0.3 is 0 Å². The molecule has 0 fully saturated rings. The summed E-state index contributed by atoms with van der Waals surface area (Å²) in [7, 11) is -2.15. The van der Waals surface area contributed by atoms with Gasteiger partial charge < -0.3 is 4.74 Å². The second-order valence-corrected chi connectivity index (χ2v) is 5.22. The predicted octanol–water partition coefficient (Wildman–Crippen LogP) is 0.803. The largest absolute Gasteiger partial charge is 0.482 e. The zero-order valence-electron chi connectivity index (χ0n) is 9.99. The maximum absolute atomic E-state index is 10.9. The molecule has 18 heavy (non-hydrogen) atoms. The van der Waals surface area contributed by atoms with Crippen LogP contribution in [0.2, 0.25) is 0 Å². The first-order valence-electron chi connectivity index (χ1n) is 5.01. The van der Waals surface area contributed by atoms with Crippen molar-refractivity contribution in [3.8, 4) is 6.07 Å². The maximum Gasteiger partial charge on any atom is 0.244 e. The third-order valence-corrected chi connectivity index (χ3v) is 2.46. The third-order valence-electron chi connectivity index (χ3n) is 2.04. The lowest BCUT2D eigenvalue weighted by molar-refractivity contribution is 0.385. The summed E-state index contributed by atoms with van der Waals surface area (Å²) in [6.07, 6.45) is 0.966. The Morgan fingerprint density at radius 3 is 2.50 bits per heavy atom. The summed E-state index contributed by atoms with van der Waals surface area (Å²) < 4.78 is 26.8. The number of hydrogen-bond acceptors (Lipinski definition) is 5. The Morgan fingerprint density at radius 1 is 1.44 bits per heavy atom. The molecule has 1 aromatic rings. The van der Waals surface area contributed by atoms with E-state index in [-0.39, 0.29) is 5.90 Å². The summed E-state index contributed by atoms with van der Waals surface area (Å²) >= 11 is 0. The normalized spacial score (nSPS) is 13.5. The Bertz CT molecular complexity index is 561. The molecule has 0 aliphatic carbocycles. The molecule has 0 radical (unpaired) electrons. The predicted molar refractivity (Wildman–Crippen MR) is 67.2 cm³/mol. The molecule has 1 rings (SSSR count). The van der Waals surface area contributed by atoms with Crippen LogP contribution in [-0.2, 0) is 14.8 Å². The number of nitrogens with zero attached hydrogens (tertiary/aromatic N) is 2. The van der Waals surface area contributed by atoms with Crippen molar-refractivity contribution in [1.29, 1.82) is 5.26 Å². The molecule has 0 heterocycles. The number of methoxy groups -OCH3 is 1. The molecule has 0 saturated heterocycles. The van der Waals surface area contributed by atoms with E-state index in [2.05, 4.69) is 5.10 Å². The minimum atomic E-state index is -3.48. The minimum absolute atomic E-state index is 0.00544. The molecule has 7 heteroatoms. The highest BCUT2D eigenvalue weighted by molar-refractivity contribution is 7.88. The molecule has 96 valence electrons. The van der Waals surface area contributed by atoms with Crippen LogP contribution in [0.15, 0.2) is 35.4 Å². The average Bonchev–Trinajstić information content (AvgIpc) is 2.34. The molecule has 0 bridgehead atoms. The van der Waals surface area contributed by atoms with Gasteiger partial charge in [0.2, 0.25) is 15.9 Å². The van der Waals surface area contributed by atoms with Gasteiger partial charge in [-0.05, 0) is 5.56 Å². The van der Waals surface area contributed by atoms with Gasteiger partial charge in [-0.25, -0.2) is 13.2 Å². The van der Waals surface area contributed by atoms with Gasteiger partial charge in [0.15, 0.2) is 0 Å². The van der Waals surface area contributed by atoms with Crippen molar-refractivity contribution < 1.29 is 13.2 Å². The van der Waals surface area contributed by atoms with E-state index in [4.69, 9.17) is 10.00 Å². The van der Waals surface area contributed by atoms with E-state index in [0.29, 0.717) is 5.56 Å². The van der Waals surface area contributed by atoms with Gasteiger partial charge in [-0.1, -0.05) is 30.3 Å². The molecule has 1 unspecified atom stereocenters. The summed E-state index contributed by atoms with van der Waals surface area (Å²) in [6, 6.07) is 10.9. The molecule has 0 aliphatic heterocycles. The lowest BCUT2D eigenvalue weighted by Gasteiger charge is -2.11. The zero-order valence-corrected chi connectivity index (χ0v) is 10.8. The van der Waals surface area contributed by atoms with Crippen molar-refractivity contribution in [2.45, 2.75) is 5.92 Å². The molecular weight excluding hydrogens is 254 g/mol. The Morgan fingerprint density at radius 2 is 2.06 bits per heavy atom. The lowest BCUT2D eigenvalue weighted by atomic mass is 10.0. The molecule has 0 spiro atoms. The maximum atomic E-state index is 10.9. The molecule has 1 atom stereocenters. The molecule has 0 aromatic heterocycles. The van der Waals surface area contributed by atoms with Crippen molar-refractivity contribution in [1.82, 2.24) is 4.83 Å². The monoisotopic (exact) mass is 267 g/mol. The van der Waals surface area contributed by atoms with Gasteiger partial charge in [0.1, 0.15) is 5.92 Å².